The highest BCUT2D eigenvalue weighted by Crippen LogP contribution is 2.31. The van der Waals surface area contributed by atoms with Gasteiger partial charge in [0.15, 0.2) is 0 Å². The van der Waals surface area contributed by atoms with Crippen LogP contribution in [0.2, 0.25) is 0 Å². The molecule has 1 heterocycles. The van der Waals surface area contributed by atoms with E-state index in [2.05, 4.69) is 15.3 Å². The molecule has 0 saturated heterocycles. The van der Waals surface area contributed by atoms with E-state index >= 15 is 0 Å². The Morgan fingerprint density at radius 2 is 2.00 bits per heavy atom. The molecule has 0 bridgehead atoms. The zero-order valence-corrected chi connectivity index (χ0v) is 12.0. The molecule has 1 aromatic carbocycles. The van der Waals surface area contributed by atoms with E-state index < -0.39 is 4.92 Å². The maximum atomic E-state index is 10.6. The molecule has 0 aliphatic carbocycles. The highest BCUT2D eigenvalue weighted by molar-refractivity contribution is 7.99. The van der Waals surface area contributed by atoms with Crippen LogP contribution >= 0.6 is 11.8 Å². The van der Waals surface area contributed by atoms with Gasteiger partial charge in [0.1, 0.15) is 17.2 Å². The Hall–Kier alpha value is -2.15. The molecule has 1 aromatic heterocycles. The van der Waals surface area contributed by atoms with Crippen molar-refractivity contribution in [1.29, 1.82) is 0 Å². The van der Waals surface area contributed by atoms with Crippen molar-refractivity contribution in [3.8, 4) is 0 Å². The van der Waals surface area contributed by atoms with E-state index in [4.69, 9.17) is 0 Å². The van der Waals surface area contributed by atoms with Crippen molar-refractivity contribution in [2.24, 2.45) is 0 Å². The third kappa shape index (κ3) is 3.24. The van der Waals surface area contributed by atoms with Gasteiger partial charge < -0.3 is 5.32 Å². The Morgan fingerprint density at radius 1 is 1.30 bits per heavy atom. The minimum Gasteiger partial charge on any atom is -0.370 e. The number of hydrogen-bond acceptors (Lipinski definition) is 6. The Labute approximate surface area is 120 Å². The number of nitro benzene ring substituents is 1. The fraction of sp³-hybridized carbons (Fsp3) is 0.231. The normalized spacial score (nSPS) is 10.3. The van der Waals surface area contributed by atoms with Gasteiger partial charge in [-0.1, -0.05) is 11.8 Å². The van der Waals surface area contributed by atoms with Crippen molar-refractivity contribution in [1.82, 2.24) is 9.97 Å². The van der Waals surface area contributed by atoms with Crippen LogP contribution in [0.4, 0.5) is 11.5 Å². The van der Waals surface area contributed by atoms with E-state index in [1.807, 2.05) is 13.8 Å². The standard InChI is InChI=1S/C13H14N4O2S/c1-3-14-12-9(2)13(16-8-15-12)20-11-6-4-10(5-7-11)17(18)19/h4-8H,3H2,1-2H3,(H,14,15,16). The van der Waals surface area contributed by atoms with Crippen LogP contribution in [0, 0.1) is 17.0 Å². The van der Waals surface area contributed by atoms with E-state index in [-0.39, 0.29) is 5.69 Å². The number of nitrogens with zero attached hydrogens (tertiary/aromatic N) is 3. The summed E-state index contributed by atoms with van der Waals surface area (Å²) in [6.45, 7) is 4.75. The first-order valence-corrected chi connectivity index (χ1v) is 6.91. The summed E-state index contributed by atoms with van der Waals surface area (Å²) in [5, 5.41) is 14.6. The van der Waals surface area contributed by atoms with E-state index in [0.717, 1.165) is 27.8 Å². The number of non-ortho nitro benzene ring substituents is 1. The first-order valence-electron chi connectivity index (χ1n) is 6.09. The van der Waals surface area contributed by atoms with Crippen LogP contribution in [-0.2, 0) is 0 Å². The SMILES string of the molecule is CCNc1ncnc(Sc2ccc([N+](=O)[O-])cc2)c1C. The molecule has 0 unspecified atom stereocenters. The minimum absolute atomic E-state index is 0.0853. The minimum atomic E-state index is -0.409. The van der Waals surface area contributed by atoms with Crippen LogP contribution in [0.3, 0.4) is 0 Å². The zero-order valence-electron chi connectivity index (χ0n) is 11.2. The van der Waals surface area contributed by atoms with Crippen molar-refractivity contribution in [3.05, 3.63) is 46.3 Å². The number of hydrogen-bond donors (Lipinski definition) is 1. The zero-order chi connectivity index (χ0) is 14.5. The average Bonchev–Trinajstić information content (AvgIpc) is 2.44. The van der Waals surface area contributed by atoms with E-state index in [1.54, 1.807) is 12.1 Å². The number of anilines is 1. The molecule has 0 fully saturated rings. The lowest BCUT2D eigenvalue weighted by Crippen LogP contribution is -2.03. The van der Waals surface area contributed by atoms with Gasteiger partial charge in [-0.2, -0.15) is 0 Å². The molecule has 1 N–H and O–H groups in total. The van der Waals surface area contributed by atoms with E-state index in [1.165, 1.54) is 30.2 Å². The molecular formula is C13H14N4O2S. The van der Waals surface area contributed by atoms with Gasteiger partial charge in [0.2, 0.25) is 0 Å². The third-order valence-electron chi connectivity index (χ3n) is 2.64. The monoisotopic (exact) mass is 290 g/mol. The second kappa shape index (κ2) is 6.33. The first-order chi connectivity index (χ1) is 9.61. The summed E-state index contributed by atoms with van der Waals surface area (Å²) in [6, 6.07) is 6.42. The lowest BCUT2D eigenvalue weighted by atomic mass is 10.3. The fourth-order valence-electron chi connectivity index (χ4n) is 1.63. The summed E-state index contributed by atoms with van der Waals surface area (Å²) in [5.41, 5.74) is 1.06. The van der Waals surface area contributed by atoms with Gasteiger partial charge in [-0.3, -0.25) is 10.1 Å². The molecule has 0 amide bonds. The molecule has 0 saturated carbocycles. The molecule has 0 spiro atoms. The lowest BCUT2D eigenvalue weighted by molar-refractivity contribution is -0.384. The molecule has 104 valence electrons. The van der Waals surface area contributed by atoms with Gasteiger partial charge in [-0.15, -0.1) is 0 Å². The molecule has 20 heavy (non-hydrogen) atoms. The van der Waals surface area contributed by atoms with Gasteiger partial charge in [0.05, 0.1) is 4.92 Å². The van der Waals surface area contributed by atoms with Gasteiger partial charge in [-0.25, -0.2) is 9.97 Å². The quantitative estimate of drug-likeness (QED) is 0.517. The number of nitro groups is 1. The Morgan fingerprint density at radius 3 is 2.60 bits per heavy atom. The predicted octanol–water partition coefficient (Wildman–Crippen LogP) is 3.28. The van der Waals surface area contributed by atoms with Crippen LogP contribution in [0.25, 0.3) is 0 Å². The van der Waals surface area contributed by atoms with E-state index in [9.17, 15) is 10.1 Å². The largest absolute Gasteiger partial charge is 0.370 e. The molecule has 7 heteroatoms. The topological polar surface area (TPSA) is 81.0 Å². The molecule has 6 nitrogen and oxygen atoms in total. The molecule has 2 aromatic rings. The van der Waals surface area contributed by atoms with Crippen LogP contribution < -0.4 is 5.32 Å². The molecule has 0 radical (unpaired) electrons. The van der Waals surface area contributed by atoms with Crippen molar-refractivity contribution < 1.29 is 4.92 Å². The van der Waals surface area contributed by atoms with Gasteiger partial charge in [0, 0.05) is 29.1 Å². The Balaban J connectivity index is 2.21. The highest BCUT2D eigenvalue weighted by Gasteiger charge is 2.09. The number of aromatic nitrogens is 2. The lowest BCUT2D eigenvalue weighted by Gasteiger charge is -2.09. The summed E-state index contributed by atoms with van der Waals surface area (Å²) >= 11 is 1.46. The fourth-order valence-corrected chi connectivity index (χ4v) is 2.48. The Kier molecular flexibility index (Phi) is 4.52. The Bertz CT molecular complexity index is 616. The second-order valence-corrected chi connectivity index (χ2v) is 5.10. The number of benzene rings is 1. The second-order valence-electron chi connectivity index (χ2n) is 4.04. The molecule has 0 aliphatic rings. The van der Waals surface area contributed by atoms with Crippen LogP contribution in [0.5, 0.6) is 0 Å². The van der Waals surface area contributed by atoms with Crippen molar-refractivity contribution in [2.75, 3.05) is 11.9 Å². The van der Waals surface area contributed by atoms with Gasteiger partial charge >= 0.3 is 0 Å². The smallest absolute Gasteiger partial charge is 0.269 e. The van der Waals surface area contributed by atoms with Crippen LogP contribution in [0.1, 0.15) is 12.5 Å². The maximum Gasteiger partial charge on any atom is 0.269 e. The first kappa shape index (κ1) is 14.3. The highest BCUT2D eigenvalue weighted by atomic mass is 32.2. The van der Waals surface area contributed by atoms with Crippen LogP contribution in [-0.4, -0.2) is 21.4 Å². The third-order valence-corrected chi connectivity index (χ3v) is 3.76. The summed E-state index contributed by atoms with van der Waals surface area (Å²) in [6.07, 6.45) is 1.51. The predicted molar refractivity (Wildman–Crippen MR) is 78.2 cm³/mol. The molecule has 0 aliphatic heterocycles. The summed E-state index contributed by atoms with van der Waals surface area (Å²) in [7, 11) is 0. The summed E-state index contributed by atoms with van der Waals surface area (Å²) in [4.78, 5) is 19.5. The van der Waals surface area contributed by atoms with Crippen LogP contribution in [0.15, 0.2) is 40.5 Å². The number of rotatable bonds is 5. The van der Waals surface area contributed by atoms with Gasteiger partial charge in [0.25, 0.3) is 5.69 Å². The summed E-state index contributed by atoms with van der Waals surface area (Å²) < 4.78 is 0. The van der Waals surface area contributed by atoms with Crippen molar-refractivity contribution in [2.45, 2.75) is 23.8 Å². The average molecular weight is 290 g/mol. The van der Waals surface area contributed by atoms with Crippen molar-refractivity contribution in [3.63, 3.8) is 0 Å². The molecule has 0 atom stereocenters. The van der Waals surface area contributed by atoms with Gasteiger partial charge in [-0.05, 0) is 26.0 Å². The maximum absolute atomic E-state index is 10.6. The van der Waals surface area contributed by atoms with Crippen molar-refractivity contribution >= 4 is 23.3 Å². The summed E-state index contributed by atoms with van der Waals surface area (Å²) in [5.74, 6) is 0.812. The van der Waals surface area contributed by atoms with E-state index in [0.29, 0.717) is 0 Å². The molecular weight excluding hydrogens is 276 g/mol. The number of nitrogens with one attached hydrogen (secondary N) is 1. The molecule has 2 rings (SSSR count).